The van der Waals surface area contributed by atoms with E-state index in [2.05, 4.69) is 22.0 Å². The quantitative estimate of drug-likeness (QED) is 0.864. The van der Waals surface area contributed by atoms with Gasteiger partial charge in [-0.3, -0.25) is 4.79 Å². The fourth-order valence-electron chi connectivity index (χ4n) is 4.19. The van der Waals surface area contributed by atoms with Gasteiger partial charge in [-0.15, -0.1) is 0 Å². The molecule has 0 bridgehead atoms. The molecule has 1 aromatic heterocycles. The highest BCUT2D eigenvalue weighted by molar-refractivity contribution is 5.92. The molecule has 3 heterocycles. The normalized spacial score (nSPS) is 24.4. The lowest BCUT2D eigenvalue weighted by molar-refractivity contribution is -0.0771. The largest absolute Gasteiger partial charge is 0.393 e. The average Bonchev–Trinajstić information content (AvgIpc) is 3.16. The summed E-state index contributed by atoms with van der Waals surface area (Å²) >= 11 is 0. The minimum absolute atomic E-state index is 0.0585. The predicted molar refractivity (Wildman–Crippen MR) is 105 cm³/mol. The van der Waals surface area contributed by atoms with E-state index >= 15 is 0 Å². The maximum absolute atomic E-state index is 13.2. The van der Waals surface area contributed by atoms with Crippen LogP contribution in [0, 0.1) is 0 Å². The Labute approximate surface area is 165 Å². The van der Waals surface area contributed by atoms with Crippen LogP contribution >= 0.6 is 0 Å². The molecule has 0 saturated carbocycles. The van der Waals surface area contributed by atoms with Crippen LogP contribution in [0.5, 0.6) is 0 Å². The standard InChI is InChI=1S/C21H28N4O3/c1-23-13-18(22-15-23)21(27)25-11-12-28-19(14-24-9-7-17(26)8-10-24)20(25)16-5-3-2-4-6-16/h2-6,13,15,17,19-20,26H,7-12,14H2,1H3/t19-,20-/m0/s1. The number of morpholine rings is 1. The molecule has 150 valence electrons. The highest BCUT2D eigenvalue weighted by Gasteiger charge is 2.38. The van der Waals surface area contributed by atoms with Gasteiger partial charge in [0.2, 0.25) is 0 Å². The van der Waals surface area contributed by atoms with E-state index in [-0.39, 0.29) is 24.2 Å². The zero-order valence-electron chi connectivity index (χ0n) is 16.3. The third-order valence-corrected chi connectivity index (χ3v) is 5.67. The molecule has 2 aliphatic heterocycles. The van der Waals surface area contributed by atoms with Crippen molar-refractivity contribution in [2.45, 2.75) is 31.1 Å². The molecule has 0 unspecified atom stereocenters. The Morgan fingerprint density at radius 1 is 1.21 bits per heavy atom. The first-order valence-corrected chi connectivity index (χ1v) is 9.97. The molecule has 1 aromatic carbocycles. The van der Waals surface area contributed by atoms with Gasteiger partial charge in [-0.25, -0.2) is 4.98 Å². The molecule has 1 N–H and O–H groups in total. The lowest BCUT2D eigenvalue weighted by Gasteiger charge is -2.43. The van der Waals surface area contributed by atoms with Crippen LogP contribution in [0.3, 0.4) is 0 Å². The molecule has 7 nitrogen and oxygen atoms in total. The molecule has 0 aliphatic carbocycles. The van der Waals surface area contributed by atoms with Crippen LogP contribution in [0.15, 0.2) is 42.9 Å². The summed E-state index contributed by atoms with van der Waals surface area (Å²) in [6.07, 6.45) is 4.69. The highest BCUT2D eigenvalue weighted by atomic mass is 16.5. The monoisotopic (exact) mass is 384 g/mol. The second-order valence-electron chi connectivity index (χ2n) is 7.72. The summed E-state index contributed by atoms with van der Waals surface area (Å²) in [4.78, 5) is 21.7. The number of aromatic nitrogens is 2. The number of benzene rings is 1. The number of hydrogen-bond acceptors (Lipinski definition) is 5. The number of likely N-dealkylation sites (tertiary alicyclic amines) is 1. The molecular formula is C21H28N4O3. The number of amides is 1. The second-order valence-corrected chi connectivity index (χ2v) is 7.72. The zero-order chi connectivity index (χ0) is 19.5. The molecule has 0 spiro atoms. The van der Waals surface area contributed by atoms with Crippen molar-refractivity contribution in [3.05, 3.63) is 54.1 Å². The minimum atomic E-state index is -0.198. The van der Waals surface area contributed by atoms with Crippen molar-refractivity contribution in [2.24, 2.45) is 7.05 Å². The van der Waals surface area contributed by atoms with E-state index in [1.54, 1.807) is 17.1 Å². The number of carbonyl (C=O) groups is 1. The Hall–Kier alpha value is -2.22. The maximum atomic E-state index is 13.2. The van der Waals surface area contributed by atoms with E-state index in [4.69, 9.17) is 4.74 Å². The third kappa shape index (κ3) is 4.11. The lowest BCUT2D eigenvalue weighted by atomic mass is 9.96. The van der Waals surface area contributed by atoms with Crippen LogP contribution in [0.4, 0.5) is 0 Å². The SMILES string of the molecule is Cn1cnc(C(=O)N2CCO[C@@H](CN3CCC(O)CC3)[C@@H]2c2ccccc2)c1. The molecule has 2 saturated heterocycles. The number of piperidine rings is 1. The van der Waals surface area contributed by atoms with Gasteiger partial charge >= 0.3 is 0 Å². The van der Waals surface area contributed by atoms with Gasteiger partial charge in [0, 0.05) is 39.4 Å². The van der Waals surface area contributed by atoms with Crippen molar-refractivity contribution >= 4 is 5.91 Å². The summed E-state index contributed by atoms with van der Waals surface area (Å²) < 4.78 is 7.97. The summed E-state index contributed by atoms with van der Waals surface area (Å²) in [7, 11) is 1.87. The number of carbonyl (C=O) groups excluding carboxylic acids is 1. The Bertz CT molecular complexity index is 786. The van der Waals surface area contributed by atoms with E-state index in [0.717, 1.165) is 38.0 Å². The number of imidazole rings is 1. The third-order valence-electron chi connectivity index (χ3n) is 5.67. The summed E-state index contributed by atoms with van der Waals surface area (Å²) in [5, 5.41) is 9.79. The molecule has 0 radical (unpaired) electrons. The number of rotatable bonds is 4. The Balaban J connectivity index is 1.59. The van der Waals surface area contributed by atoms with Crippen molar-refractivity contribution in [1.82, 2.24) is 19.4 Å². The van der Waals surface area contributed by atoms with Crippen molar-refractivity contribution < 1.29 is 14.6 Å². The Morgan fingerprint density at radius 2 is 1.96 bits per heavy atom. The van der Waals surface area contributed by atoms with Crippen LogP contribution in [0.25, 0.3) is 0 Å². The lowest BCUT2D eigenvalue weighted by Crippen LogP contribution is -2.52. The number of aliphatic hydroxyl groups excluding tert-OH is 1. The van der Waals surface area contributed by atoms with Gasteiger partial charge in [0.1, 0.15) is 5.69 Å². The molecular weight excluding hydrogens is 356 g/mol. The zero-order valence-corrected chi connectivity index (χ0v) is 16.3. The number of hydrogen-bond donors (Lipinski definition) is 1. The van der Waals surface area contributed by atoms with Gasteiger partial charge in [0.15, 0.2) is 0 Å². The molecule has 2 fully saturated rings. The van der Waals surface area contributed by atoms with Gasteiger partial charge in [-0.1, -0.05) is 30.3 Å². The van der Waals surface area contributed by atoms with Crippen LogP contribution < -0.4 is 0 Å². The Morgan fingerprint density at radius 3 is 2.64 bits per heavy atom. The summed E-state index contributed by atoms with van der Waals surface area (Å²) in [6, 6.07) is 9.95. The highest BCUT2D eigenvalue weighted by Crippen LogP contribution is 2.31. The van der Waals surface area contributed by atoms with Crippen molar-refractivity contribution in [2.75, 3.05) is 32.8 Å². The first-order valence-electron chi connectivity index (χ1n) is 9.97. The smallest absolute Gasteiger partial charge is 0.274 e. The van der Waals surface area contributed by atoms with E-state index in [0.29, 0.717) is 18.8 Å². The molecule has 2 aliphatic rings. The van der Waals surface area contributed by atoms with Crippen molar-refractivity contribution in [1.29, 1.82) is 0 Å². The van der Waals surface area contributed by atoms with Crippen molar-refractivity contribution in [3.63, 3.8) is 0 Å². The Kier molecular flexibility index (Phi) is 5.75. The van der Waals surface area contributed by atoms with E-state index in [9.17, 15) is 9.90 Å². The van der Waals surface area contributed by atoms with Gasteiger partial charge in [0.25, 0.3) is 5.91 Å². The van der Waals surface area contributed by atoms with Crippen LogP contribution in [-0.2, 0) is 11.8 Å². The number of aryl methyl sites for hydroxylation is 1. The van der Waals surface area contributed by atoms with Crippen LogP contribution in [0.1, 0.15) is 34.9 Å². The summed E-state index contributed by atoms with van der Waals surface area (Å²) in [5.74, 6) is -0.0585. The number of aliphatic hydroxyl groups is 1. The molecule has 28 heavy (non-hydrogen) atoms. The summed E-state index contributed by atoms with van der Waals surface area (Å²) in [5.41, 5.74) is 1.54. The average molecular weight is 384 g/mol. The van der Waals surface area contributed by atoms with Gasteiger partial charge in [-0.05, 0) is 18.4 Å². The predicted octanol–water partition coefficient (Wildman–Crippen LogP) is 1.46. The molecule has 1 amide bonds. The number of nitrogens with zero attached hydrogens (tertiary/aromatic N) is 4. The van der Waals surface area contributed by atoms with Crippen LogP contribution in [-0.4, -0.2) is 75.4 Å². The molecule has 2 aromatic rings. The fourth-order valence-corrected chi connectivity index (χ4v) is 4.19. The van der Waals surface area contributed by atoms with Crippen LogP contribution in [0.2, 0.25) is 0 Å². The van der Waals surface area contributed by atoms with E-state index in [1.165, 1.54) is 0 Å². The molecule has 4 rings (SSSR count). The van der Waals surface area contributed by atoms with Gasteiger partial charge in [0.05, 0.1) is 31.2 Å². The fraction of sp³-hybridized carbons (Fsp3) is 0.524. The van der Waals surface area contributed by atoms with E-state index < -0.39 is 0 Å². The molecule has 2 atom stereocenters. The summed E-state index contributed by atoms with van der Waals surface area (Å²) in [6.45, 7) is 3.53. The first kappa shape index (κ1) is 19.1. The van der Waals surface area contributed by atoms with Gasteiger partial charge in [-0.2, -0.15) is 0 Å². The maximum Gasteiger partial charge on any atom is 0.274 e. The van der Waals surface area contributed by atoms with E-state index in [1.807, 2.05) is 30.1 Å². The first-order chi connectivity index (χ1) is 13.6. The topological polar surface area (TPSA) is 70.8 Å². The minimum Gasteiger partial charge on any atom is -0.393 e. The number of ether oxygens (including phenoxy) is 1. The molecule has 7 heteroatoms. The van der Waals surface area contributed by atoms with Gasteiger partial charge < -0.3 is 24.2 Å². The van der Waals surface area contributed by atoms with Crippen molar-refractivity contribution in [3.8, 4) is 0 Å². The second kappa shape index (κ2) is 8.43.